The zero-order valence-corrected chi connectivity index (χ0v) is 13.6. The van der Waals surface area contributed by atoms with E-state index in [-0.39, 0.29) is 6.04 Å². The van der Waals surface area contributed by atoms with Gasteiger partial charge in [-0.2, -0.15) is 0 Å². The lowest BCUT2D eigenvalue weighted by molar-refractivity contribution is 0.161. The molecule has 2 rings (SSSR count). The second-order valence-electron chi connectivity index (χ2n) is 5.77. The lowest BCUT2D eigenvalue weighted by atomic mass is 10.0. The number of benzene rings is 1. The van der Waals surface area contributed by atoms with Gasteiger partial charge in [0.15, 0.2) is 0 Å². The molecule has 0 aliphatic heterocycles. The highest BCUT2D eigenvalue weighted by atomic mass is 35.5. The molecule has 0 amide bonds. The highest BCUT2D eigenvalue weighted by Crippen LogP contribution is 2.30. The van der Waals surface area contributed by atoms with Crippen LogP contribution < -0.4 is 5.73 Å². The number of rotatable bonds is 4. The molecule has 0 bridgehead atoms. The van der Waals surface area contributed by atoms with E-state index in [1.807, 2.05) is 12.1 Å². The van der Waals surface area contributed by atoms with Crippen LogP contribution in [0.3, 0.4) is 0 Å². The van der Waals surface area contributed by atoms with Gasteiger partial charge in [0.25, 0.3) is 0 Å². The van der Waals surface area contributed by atoms with Gasteiger partial charge in [-0.3, -0.25) is 4.90 Å². The predicted octanol–water partition coefficient (Wildman–Crippen LogP) is 4.65. The summed E-state index contributed by atoms with van der Waals surface area (Å²) in [6.45, 7) is 0.587. The van der Waals surface area contributed by atoms with Crippen LogP contribution in [0.15, 0.2) is 18.2 Å². The van der Waals surface area contributed by atoms with E-state index in [4.69, 9.17) is 28.9 Å². The fourth-order valence-electron chi connectivity index (χ4n) is 3.22. The summed E-state index contributed by atoms with van der Waals surface area (Å²) in [6.07, 6.45) is 7.90. The molecule has 1 atom stereocenters. The average Bonchev–Trinajstić information content (AvgIpc) is 2.67. The van der Waals surface area contributed by atoms with E-state index in [0.717, 1.165) is 5.56 Å². The van der Waals surface area contributed by atoms with Crippen molar-refractivity contribution in [3.63, 3.8) is 0 Å². The highest BCUT2D eigenvalue weighted by Gasteiger charge is 2.24. The van der Waals surface area contributed by atoms with E-state index in [1.54, 1.807) is 6.07 Å². The molecule has 112 valence electrons. The van der Waals surface area contributed by atoms with Crippen molar-refractivity contribution in [2.75, 3.05) is 13.6 Å². The van der Waals surface area contributed by atoms with Gasteiger partial charge in [-0.25, -0.2) is 0 Å². The van der Waals surface area contributed by atoms with Crippen LogP contribution in [0.2, 0.25) is 10.0 Å². The molecule has 1 aliphatic rings. The van der Waals surface area contributed by atoms with Gasteiger partial charge >= 0.3 is 0 Å². The lowest BCUT2D eigenvalue weighted by Crippen LogP contribution is -2.38. The lowest BCUT2D eigenvalue weighted by Gasteiger charge is -2.34. The third kappa shape index (κ3) is 4.11. The summed E-state index contributed by atoms with van der Waals surface area (Å²) in [5, 5.41) is 1.36. The fraction of sp³-hybridized carbons (Fsp3) is 0.625. The van der Waals surface area contributed by atoms with Crippen molar-refractivity contribution < 1.29 is 0 Å². The van der Waals surface area contributed by atoms with Gasteiger partial charge in [-0.15, -0.1) is 0 Å². The van der Waals surface area contributed by atoms with E-state index < -0.39 is 0 Å². The van der Waals surface area contributed by atoms with Crippen LogP contribution in [0.4, 0.5) is 0 Å². The molecule has 0 spiro atoms. The highest BCUT2D eigenvalue weighted by molar-refractivity contribution is 6.34. The topological polar surface area (TPSA) is 29.3 Å². The van der Waals surface area contributed by atoms with E-state index >= 15 is 0 Å². The number of nitrogens with zero attached hydrogens (tertiary/aromatic N) is 1. The quantitative estimate of drug-likeness (QED) is 0.820. The molecule has 0 saturated heterocycles. The van der Waals surface area contributed by atoms with Gasteiger partial charge in [-0.05, 0) is 43.7 Å². The van der Waals surface area contributed by atoms with Crippen molar-refractivity contribution in [2.45, 2.75) is 50.6 Å². The minimum atomic E-state index is 0.189. The normalized spacial score (nSPS) is 19.1. The van der Waals surface area contributed by atoms with E-state index in [9.17, 15) is 0 Å². The van der Waals surface area contributed by atoms with Crippen molar-refractivity contribution in [1.82, 2.24) is 4.90 Å². The summed E-state index contributed by atoms with van der Waals surface area (Å²) in [7, 11) is 2.18. The Morgan fingerprint density at radius 3 is 2.15 bits per heavy atom. The molecule has 1 aromatic carbocycles. The first kappa shape index (κ1) is 16.1. The molecule has 1 aliphatic carbocycles. The van der Waals surface area contributed by atoms with Gasteiger partial charge in [0.05, 0.1) is 0 Å². The van der Waals surface area contributed by atoms with E-state index in [2.05, 4.69) is 11.9 Å². The van der Waals surface area contributed by atoms with Crippen LogP contribution in [-0.2, 0) is 0 Å². The molecule has 1 saturated carbocycles. The van der Waals surface area contributed by atoms with Gasteiger partial charge in [0.2, 0.25) is 0 Å². The van der Waals surface area contributed by atoms with Crippen molar-refractivity contribution in [1.29, 1.82) is 0 Å². The summed E-state index contributed by atoms with van der Waals surface area (Å²) in [5.74, 6) is 0. The van der Waals surface area contributed by atoms with Gasteiger partial charge in [0, 0.05) is 28.7 Å². The standard InChI is InChI=1S/C16H24Cl2N2/c1-20(15-6-4-2-3-5-7-15)16(11-19)12-8-13(17)10-14(18)9-12/h8-10,15-16H,2-7,11,19H2,1H3. The molecular formula is C16H24Cl2N2. The SMILES string of the molecule is CN(C1CCCCCC1)C(CN)c1cc(Cl)cc(Cl)c1. The summed E-state index contributed by atoms with van der Waals surface area (Å²) >= 11 is 12.2. The summed E-state index contributed by atoms with van der Waals surface area (Å²) in [4.78, 5) is 2.42. The zero-order valence-electron chi connectivity index (χ0n) is 12.1. The van der Waals surface area contributed by atoms with Crippen LogP contribution in [0, 0.1) is 0 Å². The molecule has 20 heavy (non-hydrogen) atoms. The van der Waals surface area contributed by atoms with Crippen molar-refractivity contribution in [2.24, 2.45) is 5.73 Å². The molecule has 1 aromatic rings. The predicted molar refractivity (Wildman–Crippen MR) is 87.5 cm³/mol. The Morgan fingerprint density at radius 2 is 1.65 bits per heavy atom. The Kier molecular flexibility index (Phi) is 6.16. The number of nitrogens with two attached hydrogens (primary N) is 1. The minimum Gasteiger partial charge on any atom is -0.329 e. The van der Waals surface area contributed by atoms with Gasteiger partial charge in [-0.1, -0.05) is 48.9 Å². The van der Waals surface area contributed by atoms with Gasteiger partial charge in [0.1, 0.15) is 0 Å². The zero-order chi connectivity index (χ0) is 14.5. The number of hydrogen-bond donors (Lipinski definition) is 1. The molecule has 0 radical (unpaired) electrons. The molecule has 2 N–H and O–H groups in total. The van der Waals surface area contributed by atoms with Crippen LogP contribution in [0.1, 0.15) is 50.1 Å². The molecule has 1 fully saturated rings. The first-order valence-corrected chi connectivity index (χ1v) is 8.25. The van der Waals surface area contributed by atoms with E-state index in [1.165, 1.54) is 38.5 Å². The maximum Gasteiger partial charge on any atom is 0.0471 e. The van der Waals surface area contributed by atoms with E-state index in [0.29, 0.717) is 22.6 Å². The first-order valence-electron chi connectivity index (χ1n) is 7.50. The fourth-order valence-corrected chi connectivity index (χ4v) is 3.77. The number of halogens is 2. The Labute approximate surface area is 132 Å². The summed E-state index contributed by atoms with van der Waals surface area (Å²) < 4.78 is 0. The van der Waals surface area contributed by atoms with Gasteiger partial charge < -0.3 is 5.73 Å². The average molecular weight is 315 g/mol. The van der Waals surface area contributed by atoms with Crippen LogP contribution in [0.5, 0.6) is 0 Å². The molecule has 4 heteroatoms. The monoisotopic (exact) mass is 314 g/mol. The molecule has 1 unspecified atom stereocenters. The maximum atomic E-state index is 6.12. The molecule has 0 aromatic heterocycles. The van der Waals surface area contributed by atoms with Crippen LogP contribution >= 0.6 is 23.2 Å². The summed E-state index contributed by atoms with van der Waals surface area (Å²) in [5.41, 5.74) is 7.15. The van der Waals surface area contributed by atoms with Crippen LogP contribution in [-0.4, -0.2) is 24.5 Å². The van der Waals surface area contributed by atoms with Crippen LogP contribution in [0.25, 0.3) is 0 Å². The Hall–Kier alpha value is -0.280. The maximum absolute atomic E-state index is 6.12. The Morgan fingerprint density at radius 1 is 1.10 bits per heavy atom. The third-order valence-electron chi connectivity index (χ3n) is 4.39. The molecule has 2 nitrogen and oxygen atoms in total. The van der Waals surface area contributed by atoms with Crippen molar-refractivity contribution >= 4 is 23.2 Å². The number of hydrogen-bond acceptors (Lipinski definition) is 2. The van der Waals surface area contributed by atoms with Crippen molar-refractivity contribution in [3.05, 3.63) is 33.8 Å². The Bertz CT molecular complexity index is 408. The second-order valence-corrected chi connectivity index (χ2v) is 6.64. The largest absolute Gasteiger partial charge is 0.329 e. The first-order chi connectivity index (χ1) is 9.61. The molecule has 0 heterocycles. The smallest absolute Gasteiger partial charge is 0.0471 e. The minimum absolute atomic E-state index is 0.189. The van der Waals surface area contributed by atoms with Crippen molar-refractivity contribution in [3.8, 4) is 0 Å². The third-order valence-corrected chi connectivity index (χ3v) is 4.82. The second kappa shape index (κ2) is 7.65. The molecular weight excluding hydrogens is 291 g/mol. The number of likely N-dealkylation sites (N-methyl/N-ethyl adjacent to an activating group) is 1. The Balaban J connectivity index is 2.17. The summed E-state index contributed by atoms with van der Waals surface area (Å²) in [6, 6.07) is 6.54.